The van der Waals surface area contributed by atoms with Gasteiger partial charge in [0.15, 0.2) is 0 Å². The molecule has 0 spiro atoms. The molecule has 4 unspecified atom stereocenters. The molecule has 1 aliphatic carbocycles. The van der Waals surface area contributed by atoms with Crippen LogP contribution in [0.25, 0.3) is 0 Å². The highest BCUT2D eigenvalue weighted by Crippen LogP contribution is 2.38. The van der Waals surface area contributed by atoms with Gasteiger partial charge in [0, 0.05) is 6.61 Å². The van der Waals surface area contributed by atoms with Gasteiger partial charge < -0.3 is 10.1 Å². The fourth-order valence-electron chi connectivity index (χ4n) is 4.16. The summed E-state index contributed by atoms with van der Waals surface area (Å²) in [6, 6.07) is 0. The molecule has 0 bridgehead atoms. The largest absolute Gasteiger partial charge is 0.378 e. The number of rotatable bonds is 7. The quantitative estimate of drug-likeness (QED) is 0.753. The smallest absolute Gasteiger partial charge is 0.0576 e. The molecular formula is C17H33NO. The molecule has 2 rings (SSSR count). The van der Waals surface area contributed by atoms with Crippen LogP contribution in [0.1, 0.15) is 64.7 Å². The molecule has 19 heavy (non-hydrogen) atoms. The zero-order chi connectivity index (χ0) is 13.5. The van der Waals surface area contributed by atoms with Gasteiger partial charge in [-0.2, -0.15) is 0 Å². The molecule has 1 aliphatic heterocycles. The Morgan fingerprint density at radius 3 is 2.68 bits per heavy atom. The Morgan fingerprint density at radius 1 is 1.11 bits per heavy atom. The van der Waals surface area contributed by atoms with Crippen LogP contribution in [0.5, 0.6) is 0 Å². The summed E-state index contributed by atoms with van der Waals surface area (Å²) in [6.45, 7) is 4.60. The van der Waals surface area contributed by atoms with Crippen molar-refractivity contribution < 1.29 is 4.74 Å². The summed E-state index contributed by atoms with van der Waals surface area (Å²) in [4.78, 5) is 0. The van der Waals surface area contributed by atoms with E-state index in [1.165, 1.54) is 64.3 Å². The predicted molar refractivity (Wildman–Crippen MR) is 81.4 cm³/mol. The fourth-order valence-corrected chi connectivity index (χ4v) is 4.16. The Kier molecular flexibility index (Phi) is 6.66. The third-order valence-electron chi connectivity index (χ3n) is 5.42. The molecule has 0 aromatic heterocycles. The number of nitrogens with one attached hydrogen (secondary N) is 1. The Labute approximate surface area is 119 Å². The molecule has 2 fully saturated rings. The molecular weight excluding hydrogens is 234 g/mol. The molecule has 2 aliphatic rings. The summed E-state index contributed by atoms with van der Waals surface area (Å²) >= 11 is 0. The second-order valence-corrected chi connectivity index (χ2v) is 6.73. The summed E-state index contributed by atoms with van der Waals surface area (Å²) in [7, 11) is 2.11. The zero-order valence-corrected chi connectivity index (χ0v) is 13.0. The van der Waals surface area contributed by atoms with E-state index < -0.39 is 0 Å². The van der Waals surface area contributed by atoms with Crippen LogP contribution in [-0.2, 0) is 4.74 Å². The summed E-state index contributed by atoms with van der Waals surface area (Å²) in [5.74, 6) is 2.89. The van der Waals surface area contributed by atoms with Gasteiger partial charge in [0.1, 0.15) is 0 Å². The van der Waals surface area contributed by atoms with E-state index in [1.54, 1.807) is 0 Å². The first-order valence-electron chi connectivity index (χ1n) is 8.59. The Bertz CT molecular complexity index is 237. The van der Waals surface area contributed by atoms with E-state index in [-0.39, 0.29) is 0 Å². The molecule has 4 atom stereocenters. The standard InChI is InChI=1S/C17H33NO/c1-3-14-9-10-16(13-18-2)15(12-14)6-4-7-17-8-5-11-19-17/h14-18H,3-13H2,1-2H3. The summed E-state index contributed by atoms with van der Waals surface area (Å²) in [6.07, 6.45) is 13.1. The van der Waals surface area contributed by atoms with Gasteiger partial charge in [-0.3, -0.25) is 0 Å². The Hall–Kier alpha value is -0.0800. The average Bonchev–Trinajstić information content (AvgIpc) is 2.94. The maximum atomic E-state index is 5.75. The lowest BCUT2D eigenvalue weighted by Crippen LogP contribution is -2.31. The molecule has 1 N–H and O–H groups in total. The van der Waals surface area contributed by atoms with Crippen molar-refractivity contribution in [2.75, 3.05) is 20.2 Å². The fraction of sp³-hybridized carbons (Fsp3) is 1.00. The van der Waals surface area contributed by atoms with Gasteiger partial charge in [-0.1, -0.05) is 32.6 Å². The lowest BCUT2D eigenvalue weighted by molar-refractivity contribution is 0.0955. The van der Waals surface area contributed by atoms with Crippen molar-refractivity contribution in [1.82, 2.24) is 5.32 Å². The van der Waals surface area contributed by atoms with Gasteiger partial charge in [0.05, 0.1) is 6.10 Å². The van der Waals surface area contributed by atoms with E-state index in [9.17, 15) is 0 Å². The summed E-state index contributed by atoms with van der Waals surface area (Å²) in [5.41, 5.74) is 0. The first-order valence-corrected chi connectivity index (χ1v) is 8.59. The van der Waals surface area contributed by atoms with Crippen molar-refractivity contribution in [1.29, 1.82) is 0 Å². The van der Waals surface area contributed by atoms with E-state index in [1.807, 2.05) is 0 Å². The molecule has 0 radical (unpaired) electrons. The Balaban J connectivity index is 1.72. The van der Waals surface area contributed by atoms with Crippen molar-refractivity contribution >= 4 is 0 Å². The molecule has 2 nitrogen and oxygen atoms in total. The van der Waals surface area contributed by atoms with Gasteiger partial charge in [-0.15, -0.1) is 0 Å². The zero-order valence-electron chi connectivity index (χ0n) is 13.0. The van der Waals surface area contributed by atoms with E-state index in [2.05, 4.69) is 19.3 Å². The predicted octanol–water partition coefficient (Wildman–Crippen LogP) is 4.00. The van der Waals surface area contributed by atoms with E-state index >= 15 is 0 Å². The molecule has 2 heteroatoms. The minimum atomic E-state index is 0.591. The van der Waals surface area contributed by atoms with Crippen LogP contribution in [0.15, 0.2) is 0 Å². The maximum absolute atomic E-state index is 5.75. The number of hydrogen-bond donors (Lipinski definition) is 1. The van der Waals surface area contributed by atoms with Crippen LogP contribution >= 0.6 is 0 Å². The van der Waals surface area contributed by atoms with Gasteiger partial charge in [-0.05, 0) is 63.5 Å². The summed E-state index contributed by atoms with van der Waals surface area (Å²) < 4.78 is 5.75. The normalized spacial score (nSPS) is 35.7. The van der Waals surface area contributed by atoms with E-state index in [0.717, 1.165) is 24.4 Å². The van der Waals surface area contributed by atoms with Crippen molar-refractivity contribution in [3.63, 3.8) is 0 Å². The SMILES string of the molecule is CCC1CCC(CNC)C(CCCC2CCCO2)C1. The first kappa shape index (κ1) is 15.3. The van der Waals surface area contributed by atoms with Gasteiger partial charge in [0.2, 0.25) is 0 Å². The maximum Gasteiger partial charge on any atom is 0.0576 e. The van der Waals surface area contributed by atoms with Crippen LogP contribution < -0.4 is 5.32 Å². The average molecular weight is 267 g/mol. The molecule has 112 valence electrons. The van der Waals surface area contributed by atoms with Crippen LogP contribution in [-0.4, -0.2) is 26.3 Å². The minimum absolute atomic E-state index is 0.591. The van der Waals surface area contributed by atoms with Crippen LogP contribution in [0.3, 0.4) is 0 Å². The van der Waals surface area contributed by atoms with Crippen molar-refractivity contribution in [2.45, 2.75) is 70.8 Å². The molecule has 0 aromatic carbocycles. The third kappa shape index (κ3) is 4.75. The highest BCUT2D eigenvalue weighted by atomic mass is 16.5. The van der Waals surface area contributed by atoms with Crippen LogP contribution in [0.4, 0.5) is 0 Å². The van der Waals surface area contributed by atoms with Gasteiger partial charge in [0.25, 0.3) is 0 Å². The van der Waals surface area contributed by atoms with E-state index in [4.69, 9.17) is 4.74 Å². The second kappa shape index (κ2) is 8.26. The second-order valence-electron chi connectivity index (χ2n) is 6.73. The van der Waals surface area contributed by atoms with Crippen LogP contribution in [0, 0.1) is 17.8 Å². The highest BCUT2D eigenvalue weighted by molar-refractivity contribution is 4.81. The molecule has 0 amide bonds. The third-order valence-corrected chi connectivity index (χ3v) is 5.42. The molecule has 1 saturated heterocycles. The first-order chi connectivity index (χ1) is 9.33. The lowest BCUT2D eigenvalue weighted by Gasteiger charge is -2.36. The lowest BCUT2D eigenvalue weighted by atomic mass is 9.71. The van der Waals surface area contributed by atoms with Crippen molar-refractivity contribution in [2.24, 2.45) is 17.8 Å². The molecule has 0 aromatic rings. The van der Waals surface area contributed by atoms with Crippen LogP contribution in [0.2, 0.25) is 0 Å². The number of ether oxygens (including phenoxy) is 1. The van der Waals surface area contributed by atoms with Crippen molar-refractivity contribution in [3.05, 3.63) is 0 Å². The van der Waals surface area contributed by atoms with Crippen molar-refractivity contribution in [3.8, 4) is 0 Å². The molecule has 1 heterocycles. The van der Waals surface area contributed by atoms with Gasteiger partial charge in [-0.25, -0.2) is 0 Å². The topological polar surface area (TPSA) is 21.3 Å². The minimum Gasteiger partial charge on any atom is -0.378 e. The molecule has 1 saturated carbocycles. The van der Waals surface area contributed by atoms with E-state index in [0.29, 0.717) is 6.10 Å². The van der Waals surface area contributed by atoms with Gasteiger partial charge >= 0.3 is 0 Å². The number of hydrogen-bond acceptors (Lipinski definition) is 2. The monoisotopic (exact) mass is 267 g/mol. The summed E-state index contributed by atoms with van der Waals surface area (Å²) in [5, 5.41) is 3.41. The Morgan fingerprint density at radius 2 is 2.00 bits per heavy atom. The highest BCUT2D eigenvalue weighted by Gasteiger charge is 2.29.